The van der Waals surface area contributed by atoms with E-state index >= 15 is 0 Å². The number of halogens is 1. The Morgan fingerprint density at radius 1 is 1.05 bits per heavy atom. The van der Waals surface area contributed by atoms with Gasteiger partial charge in [0.15, 0.2) is 0 Å². The molecule has 3 aromatic rings. The molecule has 2 aromatic carbocycles. The van der Waals surface area contributed by atoms with Crippen LogP contribution < -0.4 is 4.74 Å². The zero-order valence-electron chi connectivity index (χ0n) is 11.2. The van der Waals surface area contributed by atoms with Crippen molar-refractivity contribution in [1.29, 1.82) is 0 Å². The molecule has 0 bridgehead atoms. The van der Waals surface area contributed by atoms with Gasteiger partial charge in [-0.3, -0.25) is 0 Å². The highest BCUT2D eigenvalue weighted by molar-refractivity contribution is 7.90. The molecule has 0 unspecified atom stereocenters. The molecule has 0 saturated heterocycles. The van der Waals surface area contributed by atoms with Gasteiger partial charge in [-0.2, -0.15) is 0 Å². The second kappa shape index (κ2) is 5.09. The minimum absolute atomic E-state index is 0.195. The second-order valence-corrected chi connectivity index (χ2v) is 6.75. The first-order valence-corrected chi connectivity index (χ1v) is 8.00. The quantitative estimate of drug-likeness (QED) is 0.741. The lowest BCUT2D eigenvalue weighted by Crippen LogP contribution is -2.11. The van der Waals surface area contributed by atoms with E-state index < -0.39 is 10.0 Å². The maximum Gasteiger partial charge on any atom is 0.268 e. The Kier molecular flexibility index (Phi) is 3.39. The van der Waals surface area contributed by atoms with Crippen LogP contribution in [0.5, 0.6) is 5.75 Å². The third-order valence-electron chi connectivity index (χ3n) is 3.23. The second-order valence-electron chi connectivity index (χ2n) is 4.50. The smallest absolute Gasteiger partial charge is 0.268 e. The maximum atomic E-state index is 12.7. The highest BCUT2D eigenvalue weighted by Crippen LogP contribution is 2.26. The Hall–Kier alpha value is -1.98. The van der Waals surface area contributed by atoms with Gasteiger partial charge in [0.05, 0.1) is 17.5 Å². The normalized spacial score (nSPS) is 11.7. The van der Waals surface area contributed by atoms with Crippen LogP contribution in [0.25, 0.3) is 10.9 Å². The van der Waals surface area contributed by atoms with Crippen LogP contribution in [0.2, 0.25) is 5.02 Å². The zero-order chi connectivity index (χ0) is 15.0. The monoisotopic (exact) mass is 321 g/mol. The van der Waals surface area contributed by atoms with E-state index in [0.29, 0.717) is 16.3 Å². The van der Waals surface area contributed by atoms with Crippen molar-refractivity contribution in [2.45, 2.75) is 4.90 Å². The number of aromatic nitrogens is 1. The van der Waals surface area contributed by atoms with Crippen LogP contribution in [0.1, 0.15) is 0 Å². The lowest BCUT2D eigenvalue weighted by molar-refractivity contribution is 0.415. The Labute approximate surface area is 127 Å². The number of hydrogen-bond acceptors (Lipinski definition) is 3. The highest BCUT2D eigenvalue weighted by atomic mass is 35.5. The minimum Gasteiger partial charge on any atom is -0.497 e. The molecule has 0 fully saturated rings. The number of benzene rings is 2. The molecule has 0 saturated carbocycles. The molecule has 108 valence electrons. The van der Waals surface area contributed by atoms with E-state index in [-0.39, 0.29) is 4.90 Å². The Balaban J connectivity index is 2.17. The van der Waals surface area contributed by atoms with Crippen molar-refractivity contribution in [3.05, 3.63) is 59.8 Å². The van der Waals surface area contributed by atoms with Crippen molar-refractivity contribution >= 4 is 32.5 Å². The number of nitrogens with zero attached hydrogens (tertiary/aromatic N) is 1. The number of ether oxygens (including phenoxy) is 1. The number of fused-ring (bicyclic) bond motifs is 1. The largest absolute Gasteiger partial charge is 0.497 e. The van der Waals surface area contributed by atoms with E-state index in [1.165, 1.54) is 22.3 Å². The zero-order valence-corrected chi connectivity index (χ0v) is 12.7. The van der Waals surface area contributed by atoms with E-state index in [1.54, 1.807) is 43.5 Å². The van der Waals surface area contributed by atoms with Crippen molar-refractivity contribution in [3.63, 3.8) is 0 Å². The van der Waals surface area contributed by atoms with Crippen molar-refractivity contribution in [2.24, 2.45) is 0 Å². The molecule has 21 heavy (non-hydrogen) atoms. The molecule has 0 radical (unpaired) electrons. The Morgan fingerprint density at radius 2 is 1.76 bits per heavy atom. The van der Waals surface area contributed by atoms with Crippen LogP contribution >= 0.6 is 11.6 Å². The van der Waals surface area contributed by atoms with Gasteiger partial charge in [0.1, 0.15) is 5.75 Å². The molecule has 3 rings (SSSR count). The molecule has 0 aliphatic carbocycles. The van der Waals surface area contributed by atoms with Gasteiger partial charge in [-0.1, -0.05) is 11.6 Å². The van der Waals surface area contributed by atoms with Crippen LogP contribution in [0.3, 0.4) is 0 Å². The lowest BCUT2D eigenvalue weighted by Gasteiger charge is -2.08. The minimum atomic E-state index is -3.64. The van der Waals surface area contributed by atoms with Crippen LogP contribution in [-0.4, -0.2) is 19.5 Å². The van der Waals surface area contributed by atoms with E-state index in [1.807, 2.05) is 0 Å². The van der Waals surface area contributed by atoms with Crippen LogP contribution in [0, 0.1) is 0 Å². The lowest BCUT2D eigenvalue weighted by atomic mass is 10.2. The summed E-state index contributed by atoms with van der Waals surface area (Å²) in [4.78, 5) is 0.195. The van der Waals surface area contributed by atoms with Gasteiger partial charge in [0.2, 0.25) is 0 Å². The van der Waals surface area contributed by atoms with Crippen molar-refractivity contribution in [2.75, 3.05) is 7.11 Å². The van der Waals surface area contributed by atoms with Crippen molar-refractivity contribution in [3.8, 4) is 5.75 Å². The molecule has 0 atom stereocenters. The van der Waals surface area contributed by atoms with Crippen molar-refractivity contribution in [1.82, 2.24) is 3.97 Å². The Bertz CT molecular complexity index is 898. The van der Waals surface area contributed by atoms with Gasteiger partial charge in [-0.15, -0.1) is 0 Å². The first-order valence-electron chi connectivity index (χ1n) is 6.18. The molecular formula is C15H12ClNO3S. The molecule has 6 heteroatoms. The van der Waals surface area contributed by atoms with Crippen molar-refractivity contribution < 1.29 is 13.2 Å². The van der Waals surface area contributed by atoms with E-state index in [4.69, 9.17) is 16.3 Å². The van der Waals surface area contributed by atoms with E-state index in [9.17, 15) is 8.42 Å². The predicted octanol–water partition coefficient (Wildman–Crippen LogP) is 3.54. The molecule has 4 nitrogen and oxygen atoms in total. The maximum absolute atomic E-state index is 12.7. The number of rotatable bonds is 3. The van der Waals surface area contributed by atoms with Gasteiger partial charge in [-0.05, 0) is 48.5 Å². The fourth-order valence-corrected chi connectivity index (χ4v) is 3.63. The van der Waals surface area contributed by atoms with Gasteiger partial charge in [0.25, 0.3) is 10.0 Å². The third kappa shape index (κ3) is 2.39. The standard InChI is InChI=1S/C15H12ClNO3S/c1-20-13-4-7-15-11(10-13)8-9-17(15)21(18,19)14-5-2-12(16)3-6-14/h2-10H,1H3. The SMILES string of the molecule is COc1ccc2c(ccn2S(=O)(=O)c2ccc(Cl)cc2)c1. The molecule has 0 aliphatic rings. The molecular weight excluding hydrogens is 310 g/mol. The first-order chi connectivity index (χ1) is 10.0. The summed E-state index contributed by atoms with van der Waals surface area (Å²) in [6, 6.07) is 13.1. The summed E-state index contributed by atoms with van der Waals surface area (Å²) >= 11 is 5.80. The molecule has 1 aromatic heterocycles. The molecule has 1 heterocycles. The predicted molar refractivity (Wildman–Crippen MR) is 82.5 cm³/mol. The molecule has 0 spiro atoms. The third-order valence-corrected chi connectivity index (χ3v) is 5.19. The van der Waals surface area contributed by atoms with Gasteiger partial charge >= 0.3 is 0 Å². The summed E-state index contributed by atoms with van der Waals surface area (Å²) in [7, 11) is -2.07. The fraction of sp³-hybridized carbons (Fsp3) is 0.0667. The van der Waals surface area contributed by atoms with Gasteiger partial charge < -0.3 is 4.74 Å². The summed E-state index contributed by atoms with van der Waals surface area (Å²) in [5.41, 5.74) is 0.603. The van der Waals surface area contributed by atoms with E-state index in [2.05, 4.69) is 0 Å². The average Bonchev–Trinajstić information content (AvgIpc) is 2.91. The van der Waals surface area contributed by atoms with E-state index in [0.717, 1.165) is 5.39 Å². The summed E-state index contributed by atoms with van der Waals surface area (Å²) in [5, 5.41) is 1.29. The summed E-state index contributed by atoms with van der Waals surface area (Å²) in [5.74, 6) is 0.684. The molecule has 0 N–H and O–H groups in total. The molecule has 0 amide bonds. The van der Waals surface area contributed by atoms with Crippen LogP contribution in [-0.2, 0) is 10.0 Å². The Morgan fingerprint density at radius 3 is 2.43 bits per heavy atom. The highest BCUT2D eigenvalue weighted by Gasteiger charge is 2.18. The van der Waals surface area contributed by atoms with Gasteiger partial charge in [-0.25, -0.2) is 12.4 Å². The van der Waals surface area contributed by atoms with Crippen LogP contribution in [0.15, 0.2) is 59.6 Å². The topological polar surface area (TPSA) is 48.3 Å². The summed E-state index contributed by atoms with van der Waals surface area (Å²) < 4.78 is 31.7. The molecule has 0 aliphatic heterocycles. The first kappa shape index (κ1) is 14.0. The van der Waals surface area contributed by atoms with Gasteiger partial charge in [0, 0.05) is 16.6 Å². The fourth-order valence-electron chi connectivity index (χ4n) is 2.15. The average molecular weight is 322 g/mol. The number of methoxy groups -OCH3 is 1. The van der Waals surface area contributed by atoms with Crippen LogP contribution in [0.4, 0.5) is 0 Å². The summed E-state index contributed by atoms with van der Waals surface area (Å²) in [6.07, 6.45) is 1.54. The number of hydrogen-bond donors (Lipinski definition) is 0. The summed E-state index contributed by atoms with van der Waals surface area (Å²) in [6.45, 7) is 0.